The summed E-state index contributed by atoms with van der Waals surface area (Å²) in [5.41, 5.74) is 6.15. The monoisotopic (exact) mass is 464 g/mol. The predicted octanol–water partition coefficient (Wildman–Crippen LogP) is 4.11. The van der Waals surface area contributed by atoms with Crippen LogP contribution < -0.4 is 4.90 Å². The number of fused-ring (bicyclic) bond motifs is 1. The lowest BCUT2D eigenvalue weighted by molar-refractivity contribution is 0.274. The van der Waals surface area contributed by atoms with E-state index in [0.29, 0.717) is 25.4 Å². The lowest BCUT2D eigenvalue weighted by Gasteiger charge is -2.37. The van der Waals surface area contributed by atoms with Crippen LogP contribution in [0.25, 0.3) is 11.1 Å². The number of aryl methyl sites for hydroxylation is 2. The molecule has 0 spiro atoms. The van der Waals surface area contributed by atoms with Gasteiger partial charge in [-0.15, -0.1) is 0 Å². The number of H-pyrrole nitrogens is 1. The maximum atomic E-state index is 12.9. The summed E-state index contributed by atoms with van der Waals surface area (Å²) in [5.74, 6) is 0.727. The van der Waals surface area contributed by atoms with Gasteiger partial charge in [-0.05, 0) is 66.8 Å². The van der Waals surface area contributed by atoms with Crippen molar-refractivity contribution in [2.24, 2.45) is 5.92 Å². The molecule has 0 atom stereocenters. The van der Waals surface area contributed by atoms with E-state index in [-0.39, 0.29) is 5.75 Å². The van der Waals surface area contributed by atoms with Gasteiger partial charge >= 0.3 is 0 Å². The van der Waals surface area contributed by atoms with E-state index in [1.807, 2.05) is 42.7 Å². The summed E-state index contributed by atoms with van der Waals surface area (Å²) in [6, 6.07) is 16.6. The number of nitrogens with one attached hydrogen (secondary N) is 1. The van der Waals surface area contributed by atoms with E-state index in [1.54, 1.807) is 4.31 Å². The Kier molecular flexibility index (Phi) is 6.51. The summed E-state index contributed by atoms with van der Waals surface area (Å²) in [6.45, 7) is 3.37. The summed E-state index contributed by atoms with van der Waals surface area (Å²) in [5, 5.41) is 6.97. The van der Waals surface area contributed by atoms with Crippen LogP contribution >= 0.6 is 0 Å². The third kappa shape index (κ3) is 5.14. The van der Waals surface area contributed by atoms with Crippen LogP contribution in [0.15, 0.2) is 60.9 Å². The Labute approximate surface area is 196 Å². The van der Waals surface area contributed by atoms with E-state index >= 15 is 0 Å². The van der Waals surface area contributed by atoms with Crippen molar-refractivity contribution in [1.29, 1.82) is 0 Å². The Hall–Kier alpha value is -2.64. The van der Waals surface area contributed by atoms with E-state index in [9.17, 15) is 8.42 Å². The minimum atomic E-state index is -3.20. The number of aromatic amines is 1. The predicted molar refractivity (Wildman–Crippen MR) is 133 cm³/mol. The normalized spacial score (nSPS) is 17.8. The second kappa shape index (κ2) is 9.69. The first-order valence-corrected chi connectivity index (χ1v) is 13.6. The Morgan fingerprint density at radius 2 is 1.82 bits per heavy atom. The molecule has 2 aromatic carbocycles. The van der Waals surface area contributed by atoms with Gasteiger partial charge in [0.05, 0.1) is 11.9 Å². The highest BCUT2D eigenvalue weighted by Crippen LogP contribution is 2.33. The third-order valence-corrected chi connectivity index (χ3v) is 8.93. The van der Waals surface area contributed by atoms with Gasteiger partial charge in [0.2, 0.25) is 10.0 Å². The van der Waals surface area contributed by atoms with Crippen LogP contribution in [0.1, 0.15) is 30.4 Å². The number of sulfonamides is 1. The van der Waals surface area contributed by atoms with Crippen LogP contribution in [0.5, 0.6) is 0 Å². The molecule has 0 saturated carbocycles. The van der Waals surface area contributed by atoms with E-state index in [0.717, 1.165) is 49.9 Å². The van der Waals surface area contributed by atoms with Crippen LogP contribution in [0.4, 0.5) is 5.69 Å². The minimum absolute atomic E-state index is 0.195. The minimum Gasteiger partial charge on any atom is -0.371 e. The molecule has 0 aliphatic carbocycles. The molecule has 33 heavy (non-hydrogen) atoms. The molecule has 0 amide bonds. The van der Waals surface area contributed by atoms with Crippen molar-refractivity contribution in [1.82, 2.24) is 14.5 Å². The van der Waals surface area contributed by atoms with E-state index in [1.165, 1.54) is 16.8 Å². The Bertz CT molecular complexity index is 1150. The lowest BCUT2D eigenvalue weighted by Crippen LogP contribution is -2.43. The third-order valence-electron chi connectivity index (χ3n) is 7.06. The van der Waals surface area contributed by atoms with Gasteiger partial charge in [0.1, 0.15) is 0 Å². The Morgan fingerprint density at radius 1 is 1.00 bits per heavy atom. The van der Waals surface area contributed by atoms with Crippen LogP contribution in [0.3, 0.4) is 0 Å². The molecule has 2 aliphatic rings. The molecule has 1 aromatic heterocycles. The molecule has 3 aromatic rings. The molecule has 2 aliphatic heterocycles. The van der Waals surface area contributed by atoms with Gasteiger partial charge in [0.25, 0.3) is 0 Å². The second-order valence-corrected chi connectivity index (χ2v) is 11.4. The number of piperidine rings is 1. The molecule has 0 unspecified atom stereocenters. The molecule has 1 N–H and O–H groups in total. The first-order valence-electron chi connectivity index (χ1n) is 12.0. The summed E-state index contributed by atoms with van der Waals surface area (Å²) < 4.78 is 27.4. The van der Waals surface area contributed by atoms with Crippen molar-refractivity contribution >= 4 is 15.7 Å². The molecule has 6 nitrogen and oxygen atoms in total. The number of rotatable bonds is 7. The molecule has 7 heteroatoms. The van der Waals surface area contributed by atoms with Gasteiger partial charge in [-0.25, -0.2) is 12.7 Å². The first-order chi connectivity index (χ1) is 16.1. The van der Waals surface area contributed by atoms with E-state index in [4.69, 9.17) is 0 Å². The summed E-state index contributed by atoms with van der Waals surface area (Å²) in [6.07, 6.45) is 8.51. The molecule has 1 fully saturated rings. The van der Waals surface area contributed by atoms with Crippen molar-refractivity contribution < 1.29 is 8.42 Å². The average Bonchev–Trinajstić information content (AvgIpc) is 3.39. The molecule has 1 saturated heterocycles. The van der Waals surface area contributed by atoms with Gasteiger partial charge in [-0.3, -0.25) is 5.10 Å². The average molecular weight is 465 g/mol. The van der Waals surface area contributed by atoms with Gasteiger partial charge in [-0.2, -0.15) is 5.10 Å². The fraction of sp³-hybridized carbons (Fsp3) is 0.423. The van der Waals surface area contributed by atoms with Crippen LogP contribution in [0.2, 0.25) is 0 Å². The smallest absolute Gasteiger partial charge is 0.214 e. The molecular weight excluding hydrogens is 432 g/mol. The lowest BCUT2D eigenvalue weighted by atomic mass is 9.93. The quantitative estimate of drug-likeness (QED) is 0.571. The Morgan fingerprint density at radius 3 is 2.58 bits per heavy atom. The maximum Gasteiger partial charge on any atom is 0.214 e. The fourth-order valence-corrected chi connectivity index (χ4v) is 6.67. The van der Waals surface area contributed by atoms with Crippen molar-refractivity contribution in [2.45, 2.75) is 32.1 Å². The van der Waals surface area contributed by atoms with Gasteiger partial charge in [-0.1, -0.05) is 36.4 Å². The zero-order chi connectivity index (χ0) is 22.7. The van der Waals surface area contributed by atoms with Crippen molar-refractivity contribution in [3.63, 3.8) is 0 Å². The molecule has 0 radical (unpaired) electrons. The maximum absolute atomic E-state index is 12.9. The molecule has 0 bridgehead atoms. The van der Waals surface area contributed by atoms with Crippen molar-refractivity contribution in [3.8, 4) is 11.1 Å². The molecule has 3 heterocycles. The first kappa shape index (κ1) is 22.2. The summed E-state index contributed by atoms with van der Waals surface area (Å²) >= 11 is 0. The summed E-state index contributed by atoms with van der Waals surface area (Å²) in [4.78, 5) is 2.52. The highest BCUT2D eigenvalue weighted by Gasteiger charge is 2.29. The van der Waals surface area contributed by atoms with Gasteiger partial charge in [0.15, 0.2) is 0 Å². The standard InChI is InChI=1S/C26H32N4O2S/c31-33(32,16-12-21-5-2-1-3-6-21)30-14-10-22(11-15-30)20-29-13-4-7-24-17-23(8-9-26(24)29)25-18-27-28-19-25/h1-3,5-6,8-9,17-19,22H,4,7,10-16,20H2,(H,27,28). The summed E-state index contributed by atoms with van der Waals surface area (Å²) in [7, 11) is -3.20. The zero-order valence-electron chi connectivity index (χ0n) is 19.0. The SMILES string of the molecule is O=S(=O)(CCc1ccccc1)N1CCC(CN2CCCc3cc(-c4cn[nH]c4)ccc32)CC1. The number of benzene rings is 2. The van der Waals surface area contributed by atoms with Crippen molar-refractivity contribution in [3.05, 3.63) is 72.1 Å². The van der Waals surface area contributed by atoms with Crippen molar-refractivity contribution in [2.75, 3.05) is 36.8 Å². The second-order valence-electron chi connectivity index (χ2n) is 9.27. The zero-order valence-corrected chi connectivity index (χ0v) is 19.8. The topological polar surface area (TPSA) is 69.3 Å². The highest BCUT2D eigenvalue weighted by atomic mass is 32.2. The highest BCUT2D eigenvalue weighted by molar-refractivity contribution is 7.89. The fourth-order valence-electron chi connectivity index (χ4n) is 5.16. The largest absolute Gasteiger partial charge is 0.371 e. The number of anilines is 1. The molecular formula is C26H32N4O2S. The molecule has 5 rings (SSSR count). The van der Waals surface area contributed by atoms with Crippen LogP contribution in [-0.4, -0.2) is 54.9 Å². The van der Waals surface area contributed by atoms with E-state index < -0.39 is 10.0 Å². The van der Waals surface area contributed by atoms with Gasteiger partial charge < -0.3 is 4.90 Å². The number of aromatic nitrogens is 2. The number of nitrogens with zero attached hydrogens (tertiary/aromatic N) is 3. The number of hydrogen-bond acceptors (Lipinski definition) is 4. The van der Waals surface area contributed by atoms with E-state index in [2.05, 4.69) is 33.3 Å². The Balaban J connectivity index is 1.17. The van der Waals surface area contributed by atoms with Gasteiger partial charge in [0, 0.05) is 43.6 Å². The van der Waals surface area contributed by atoms with Crippen LogP contribution in [-0.2, 0) is 22.9 Å². The van der Waals surface area contributed by atoms with Crippen LogP contribution in [0, 0.1) is 5.92 Å². The number of hydrogen-bond donors (Lipinski definition) is 1. The molecule has 174 valence electrons.